The number of ether oxygens (including phenoxy) is 1. The predicted octanol–water partition coefficient (Wildman–Crippen LogP) is 3.85. The van der Waals surface area contributed by atoms with Gasteiger partial charge in [0, 0.05) is 5.56 Å². The van der Waals surface area contributed by atoms with Crippen LogP contribution in [0.3, 0.4) is 0 Å². The molecule has 1 amide bonds. The molecule has 0 atom stereocenters. The van der Waals surface area contributed by atoms with Crippen molar-refractivity contribution in [3.8, 4) is 0 Å². The highest BCUT2D eigenvalue weighted by atomic mass is 16.6. The van der Waals surface area contributed by atoms with Crippen LogP contribution in [0.15, 0.2) is 48.5 Å². The van der Waals surface area contributed by atoms with Crippen molar-refractivity contribution in [3.05, 3.63) is 70.8 Å². The Bertz CT molecular complexity index is 806. The van der Waals surface area contributed by atoms with E-state index in [1.807, 2.05) is 51.1 Å². The van der Waals surface area contributed by atoms with Gasteiger partial charge in [0.2, 0.25) is 5.91 Å². The van der Waals surface area contributed by atoms with Gasteiger partial charge in [0.1, 0.15) is 5.60 Å². The zero-order valence-electron chi connectivity index (χ0n) is 15.4. The second kappa shape index (κ2) is 6.71. The van der Waals surface area contributed by atoms with Crippen LogP contribution < -0.4 is 5.73 Å². The minimum Gasteiger partial charge on any atom is -0.454 e. The molecule has 2 N–H and O–H groups in total. The number of benzene rings is 2. The highest BCUT2D eigenvalue weighted by molar-refractivity contribution is 5.93. The van der Waals surface area contributed by atoms with Crippen LogP contribution in [-0.4, -0.2) is 11.9 Å². The Labute approximate surface area is 149 Å². The number of rotatable bonds is 5. The van der Waals surface area contributed by atoms with Crippen molar-refractivity contribution in [1.82, 2.24) is 0 Å². The van der Waals surface area contributed by atoms with Crippen LogP contribution in [0.1, 0.15) is 54.7 Å². The molecule has 0 spiro atoms. The molecule has 0 saturated carbocycles. The molecule has 0 unspecified atom stereocenters. The molecule has 0 aliphatic carbocycles. The Morgan fingerprint density at radius 1 is 0.920 bits per heavy atom. The monoisotopic (exact) mass is 339 g/mol. The number of aryl methyl sites for hydroxylation is 1. The minimum absolute atomic E-state index is 0.326. The third kappa shape index (κ3) is 4.08. The van der Waals surface area contributed by atoms with Crippen LogP contribution in [0.2, 0.25) is 0 Å². The van der Waals surface area contributed by atoms with E-state index in [1.165, 1.54) is 0 Å². The van der Waals surface area contributed by atoms with Gasteiger partial charge in [-0.2, -0.15) is 0 Å². The molecule has 0 saturated heterocycles. The van der Waals surface area contributed by atoms with Crippen LogP contribution in [-0.2, 0) is 20.5 Å². The first-order valence-electron chi connectivity index (χ1n) is 8.25. The van der Waals surface area contributed by atoms with Gasteiger partial charge in [0.15, 0.2) is 0 Å². The molecule has 132 valence electrons. The van der Waals surface area contributed by atoms with Crippen molar-refractivity contribution in [1.29, 1.82) is 0 Å². The Hall–Kier alpha value is -2.62. The number of hydrogen-bond donors (Lipinski definition) is 1. The van der Waals surface area contributed by atoms with Crippen LogP contribution in [0, 0.1) is 6.92 Å². The maximum Gasteiger partial charge on any atom is 0.316 e. The first-order valence-corrected chi connectivity index (χ1v) is 8.25. The second-order valence-corrected chi connectivity index (χ2v) is 7.34. The quantitative estimate of drug-likeness (QED) is 0.841. The minimum atomic E-state index is -0.885. The highest BCUT2D eigenvalue weighted by Crippen LogP contribution is 2.32. The van der Waals surface area contributed by atoms with E-state index in [1.54, 1.807) is 32.0 Å². The molecule has 2 aromatic carbocycles. The van der Waals surface area contributed by atoms with E-state index in [9.17, 15) is 9.59 Å². The molecule has 0 radical (unpaired) electrons. The normalized spacial score (nSPS) is 11.9. The predicted molar refractivity (Wildman–Crippen MR) is 98.3 cm³/mol. The Kier molecular flexibility index (Phi) is 5.02. The van der Waals surface area contributed by atoms with Gasteiger partial charge in [0.05, 0.1) is 5.41 Å². The third-order valence-electron chi connectivity index (χ3n) is 4.44. The molecule has 0 aromatic heterocycles. The lowest BCUT2D eigenvalue weighted by Gasteiger charge is -2.32. The maximum atomic E-state index is 12.9. The van der Waals surface area contributed by atoms with Crippen molar-refractivity contribution >= 4 is 11.9 Å². The van der Waals surface area contributed by atoms with Crippen LogP contribution >= 0.6 is 0 Å². The average Bonchev–Trinajstić information content (AvgIpc) is 2.54. The summed E-state index contributed by atoms with van der Waals surface area (Å²) < 4.78 is 5.83. The summed E-state index contributed by atoms with van der Waals surface area (Å²) in [7, 11) is 0. The fraction of sp³-hybridized carbons (Fsp3) is 0.333. The Balaban J connectivity index is 2.29. The lowest BCUT2D eigenvalue weighted by molar-refractivity contribution is -0.163. The number of amides is 1. The van der Waals surface area contributed by atoms with E-state index in [2.05, 4.69) is 0 Å². The van der Waals surface area contributed by atoms with Gasteiger partial charge < -0.3 is 10.5 Å². The molecule has 4 heteroatoms. The number of esters is 1. The zero-order valence-corrected chi connectivity index (χ0v) is 15.4. The summed E-state index contributed by atoms with van der Waals surface area (Å²) in [6.45, 7) is 9.29. The highest BCUT2D eigenvalue weighted by Gasteiger charge is 2.36. The van der Waals surface area contributed by atoms with Crippen molar-refractivity contribution in [2.45, 2.75) is 45.6 Å². The van der Waals surface area contributed by atoms with Gasteiger partial charge in [-0.15, -0.1) is 0 Å². The summed E-state index contributed by atoms with van der Waals surface area (Å²) in [5.41, 5.74) is 6.77. The summed E-state index contributed by atoms with van der Waals surface area (Å²) in [6.07, 6.45) is 0. The first-order chi connectivity index (χ1) is 11.5. The Morgan fingerprint density at radius 2 is 1.52 bits per heavy atom. The fourth-order valence-corrected chi connectivity index (χ4v) is 2.62. The summed E-state index contributed by atoms with van der Waals surface area (Å²) >= 11 is 0. The number of carbonyl (C=O) groups is 2. The SMILES string of the molecule is Cc1cccc(C(C)(C)C(=O)OC(C)(C)c2cccc(C(N)=O)c2)c1. The van der Waals surface area contributed by atoms with Gasteiger partial charge in [-0.05, 0) is 57.9 Å². The zero-order chi connectivity index (χ0) is 18.8. The largest absolute Gasteiger partial charge is 0.454 e. The standard InChI is InChI=1S/C21H25NO3/c1-14-8-6-10-16(12-14)20(2,3)19(24)25-21(4,5)17-11-7-9-15(13-17)18(22)23/h6-13H,1-5H3,(H2,22,23). The molecule has 0 fully saturated rings. The average molecular weight is 339 g/mol. The van der Waals surface area contributed by atoms with Gasteiger partial charge in [-0.1, -0.05) is 42.0 Å². The first kappa shape index (κ1) is 18.7. The molecular weight excluding hydrogens is 314 g/mol. The van der Waals surface area contributed by atoms with Gasteiger partial charge in [-0.25, -0.2) is 0 Å². The summed E-state index contributed by atoms with van der Waals surface area (Å²) in [5, 5.41) is 0. The molecule has 0 bridgehead atoms. The Morgan fingerprint density at radius 3 is 2.12 bits per heavy atom. The molecular formula is C21H25NO3. The molecule has 4 nitrogen and oxygen atoms in total. The van der Waals surface area contributed by atoms with Crippen LogP contribution in [0.4, 0.5) is 0 Å². The summed E-state index contributed by atoms with van der Waals surface area (Å²) in [4.78, 5) is 24.3. The maximum absolute atomic E-state index is 12.9. The van der Waals surface area contributed by atoms with Crippen molar-refractivity contribution in [3.63, 3.8) is 0 Å². The lowest BCUT2D eigenvalue weighted by Crippen LogP contribution is -2.37. The fourth-order valence-electron chi connectivity index (χ4n) is 2.62. The van der Waals surface area contributed by atoms with E-state index >= 15 is 0 Å². The van der Waals surface area contributed by atoms with Crippen molar-refractivity contribution < 1.29 is 14.3 Å². The lowest BCUT2D eigenvalue weighted by atomic mass is 9.83. The molecule has 2 rings (SSSR count). The van der Waals surface area contributed by atoms with E-state index in [0.717, 1.165) is 16.7 Å². The second-order valence-electron chi connectivity index (χ2n) is 7.34. The number of primary amides is 1. The smallest absolute Gasteiger partial charge is 0.316 e. The van der Waals surface area contributed by atoms with E-state index in [0.29, 0.717) is 5.56 Å². The van der Waals surface area contributed by atoms with Crippen molar-refractivity contribution in [2.24, 2.45) is 5.73 Å². The number of nitrogens with two attached hydrogens (primary N) is 1. The molecule has 25 heavy (non-hydrogen) atoms. The third-order valence-corrected chi connectivity index (χ3v) is 4.44. The molecule has 2 aromatic rings. The summed E-state index contributed by atoms with van der Waals surface area (Å²) in [5.74, 6) is -0.836. The van der Waals surface area contributed by atoms with E-state index in [4.69, 9.17) is 10.5 Å². The van der Waals surface area contributed by atoms with Gasteiger partial charge in [0.25, 0.3) is 0 Å². The number of hydrogen-bond acceptors (Lipinski definition) is 3. The summed E-state index contributed by atoms with van der Waals surface area (Å²) in [6, 6.07) is 14.7. The van der Waals surface area contributed by atoms with Crippen LogP contribution in [0.5, 0.6) is 0 Å². The molecule has 0 heterocycles. The topological polar surface area (TPSA) is 69.4 Å². The molecule has 0 aliphatic heterocycles. The van der Waals surface area contributed by atoms with Gasteiger partial charge >= 0.3 is 5.97 Å². The van der Waals surface area contributed by atoms with Crippen molar-refractivity contribution in [2.75, 3.05) is 0 Å². The molecule has 0 aliphatic rings. The van der Waals surface area contributed by atoms with Crippen LogP contribution in [0.25, 0.3) is 0 Å². The van der Waals surface area contributed by atoms with E-state index in [-0.39, 0.29) is 5.97 Å². The number of carbonyl (C=O) groups excluding carboxylic acids is 2. The van der Waals surface area contributed by atoms with E-state index < -0.39 is 16.9 Å². The van der Waals surface area contributed by atoms with Gasteiger partial charge in [-0.3, -0.25) is 9.59 Å².